The zero-order chi connectivity index (χ0) is 23.2. The molecule has 0 radical (unpaired) electrons. The third-order valence-corrected chi connectivity index (χ3v) is 8.87. The lowest BCUT2D eigenvalue weighted by atomic mass is 10.1. The number of rotatable bonds is 5. The molecule has 3 saturated heterocycles. The predicted molar refractivity (Wildman–Crippen MR) is 128 cm³/mol. The summed E-state index contributed by atoms with van der Waals surface area (Å²) in [6.07, 6.45) is 3.04. The Labute approximate surface area is 201 Å². The summed E-state index contributed by atoms with van der Waals surface area (Å²) in [5.41, 5.74) is 0. The van der Waals surface area contributed by atoms with Crippen molar-refractivity contribution in [1.29, 1.82) is 0 Å². The Bertz CT molecular complexity index is 1190. The van der Waals surface area contributed by atoms with Crippen molar-refractivity contribution in [2.45, 2.75) is 48.7 Å². The Morgan fingerprint density at radius 2 is 1.76 bits per heavy atom. The molecule has 33 heavy (non-hydrogen) atoms. The van der Waals surface area contributed by atoms with E-state index < -0.39 is 16.1 Å². The third-order valence-electron chi connectivity index (χ3n) is 6.91. The molecule has 0 aliphatic carbocycles. The van der Waals surface area contributed by atoms with E-state index >= 15 is 0 Å². The summed E-state index contributed by atoms with van der Waals surface area (Å²) >= 11 is 3.42. The lowest BCUT2D eigenvalue weighted by Crippen LogP contribution is -2.59. The van der Waals surface area contributed by atoms with Crippen molar-refractivity contribution in [3.8, 4) is 0 Å². The summed E-state index contributed by atoms with van der Waals surface area (Å²) in [6, 6.07) is 10.1. The topological polar surface area (TPSA) is 98.8 Å². The molecule has 10 heteroatoms. The van der Waals surface area contributed by atoms with Crippen LogP contribution in [0.15, 0.2) is 45.8 Å². The van der Waals surface area contributed by atoms with Crippen molar-refractivity contribution in [3.05, 3.63) is 40.9 Å². The van der Waals surface area contributed by atoms with Crippen LogP contribution in [0.25, 0.3) is 10.8 Å². The highest BCUT2D eigenvalue weighted by atomic mass is 79.9. The zero-order valence-electron chi connectivity index (χ0n) is 18.2. The van der Waals surface area contributed by atoms with Crippen molar-refractivity contribution in [3.63, 3.8) is 0 Å². The van der Waals surface area contributed by atoms with Crippen LogP contribution in [0.4, 0.5) is 0 Å². The summed E-state index contributed by atoms with van der Waals surface area (Å²) in [7, 11) is -3.89. The Hall–Kier alpha value is -2.01. The number of benzene rings is 2. The van der Waals surface area contributed by atoms with E-state index in [9.17, 15) is 18.0 Å². The van der Waals surface area contributed by atoms with Gasteiger partial charge in [-0.25, -0.2) is 8.42 Å². The second-order valence-corrected chi connectivity index (χ2v) is 11.7. The van der Waals surface area contributed by atoms with Gasteiger partial charge in [0.2, 0.25) is 21.8 Å². The van der Waals surface area contributed by atoms with Crippen LogP contribution in [0.3, 0.4) is 0 Å². The number of piperazine rings is 1. The Balaban J connectivity index is 1.28. The van der Waals surface area contributed by atoms with Crippen LogP contribution in [-0.4, -0.2) is 74.3 Å². The fourth-order valence-electron chi connectivity index (χ4n) is 5.25. The van der Waals surface area contributed by atoms with Gasteiger partial charge in [0.05, 0.1) is 11.4 Å². The third kappa shape index (κ3) is 4.53. The molecule has 0 aromatic heterocycles. The average molecular weight is 535 g/mol. The van der Waals surface area contributed by atoms with Gasteiger partial charge in [0.15, 0.2) is 0 Å². The van der Waals surface area contributed by atoms with Gasteiger partial charge in [-0.1, -0.05) is 28.1 Å². The summed E-state index contributed by atoms with van der Waals surface area (Å²) in [6.45, 7) is 2.06. The second-order valence-electron chi connectivity index (χ2n) is 9.07. The Kier molecular flexibility index (Phi) is 6.19. The molecule has 176 valence electrons. The number of fused-ring (bicyclic) bond motifs is 3. The van der Waals surface area contributed by atoms with Crippen LogP contribution in [0, 0.1) is 0 Å². The number of sulfonamides is 1. The van der Waals surface area contributed by atoms with Gasteiger partial charge < -0.3 is 15.1 Å². The van der Waals surface area contributed by atoms with E-state index in [1.807, 2.05) is 23.1 Å². The van der Waals surface area contributed by atoms with Gasteiger partial charge in [0, 0.05) is 36.2 Å². The Morgan fingerprint density at radius 3 is 2.52 bits per heavy atom. The molecular formula is C23H27BrN4O4S. The monoisotopic (exact) mass is 534 g/mol. The van der Waals surface area contributed by atoms with E-state index in [0.29, 0.717) is 19.4 Å². The summed E-state index contributed by atoms with van der Waals surface area (Å²) in [5.74, 6) is -0.369. The molecule has 8 nitrogen and oxygen atoms in total. The first-order valence-corrected chi connectivity index (χ1v) is 13.6. The quantitative estimate of drug-likeness (QED) is 0.609. The number of hydrogen-bond acceptors (Lipinski definition) is 5. The smallest absolute Gasteiger partial charge is 0.242 e. The molecule has 2 N–H and O–H groups in total. The molecule has 3 atom stereocenters. The SMILES string of the molecule is O=C1C(NS(=O)(=O)c2ccc3cc(Br)ccc3c2)CCCN1CC(=O)N1C2CCC1CNC2. The molecule has 3 aliphatic rings. The van der Waals surface area contributed by atoms with Gasteiger partial charge in [0.1, 0.15) is 6.04 Å². The lowest BCUT2D eigenvalue weighted by Gasteiger charge is -2.38. The van der Waals surface area contributed by atoms with Crippen LogP contribution in [-0.2, 0) is 19.6 Å². The molecule has 3 unspecified atom stereocenters. The molecule has 0 saturated carbocycles. The largest absolute Gasteiger partial charge is 0.333 e. The van der Waals surface area contributed by atoms with Gasteiger partial charge in [-0.3, -0.25) is 9.59 Å². The minimum absolute atomic E-state index is 0.00884. The Morgan fingerprint density at radius 1 is 1.06 bits per heavy atom. The maximum atomic E-state index is 13.1. The summed E-state index contributed by atoms with van der Waals surface area (Å²) in [4.78, 5) is 29.7. The summed E-state index contributed by atoms with van der Waals surface area (Å²) in [5, 5.41) is 5.07. The van der Waals surface area contributed by atoms with Crippen LogP contribution in [0.1, 0.15) is 25.7 Å². The zero-order valence-corrected chi connectivity index (χ0v) is 20.6. The minimum Gasteiger partial charge on any atom is -0.333 e. The van der Waals surface area contributed by atoms with E-state index in [1.54, 1.807) is 18.2 Å². The van der Waals surface area contributed by atoms with Crippen molar-refractivity contribution in [2.75, 3.05) is 26.2 Å². The van der Waals surface area contributed by atoms with E-state index in [1.165, 1.54) is 4.90 Å². The number of likely N-dealkylation sites (tertiary alicyclic amines) is 1. The van der Waals surface area contributed by atoms with Crippen molar-refractivity contribution in [1.82, 2.24) is 19.8 Å². The highest BCUT2D eigenvalue weighted by Crippen LogP contribution is 2.27. The van der Waals surface area contributed by atoms with E-state index in [0.717, 1.165) is 41.2 Å². The highest BCUT2D eigenvalue weighted by molar-refractivity contribution is 9.10. The molecule has 5 rings (SSSR count). The van der Waals surface area contributed by atoms with Crippen LogP contribution in [0.2, 0.25) is 0 Å². The number of nitrogens with zero attached hydrogens (tertiary/aromatic N) is 2. The fourth-order valence-corrected chi connectivity index (χ4v) is 6.89. The minimum atomic E-state index is -3.89. The van der Waals surface area contributed by atoms with Crippen LogP contribution < -0.4 is 10.0 Å². The number of carbonyl (C=O) groups is 2. The predicted octanol–water partition coefficient (Wildman–Crippen LogP) is 1.83. The number of piperidine rings is 1. The molecule has 3 heterocycles. The van der Waals surface area contributed by atoms with Gasteiger partial charge in [0.25, 0.3) is 0 Å². The average Bonchev–Trinajstić information content (AvgIpc) is 3.04. The standard InChI is InChI=1S/C23H27BrN4O4S/c24-17-5-3-16-11-20(8-4-15(16)10-17)33(31,32)26-21-2-1-9-27(23(21)30)14-22(29)28-18-6-7-19(28)13-25-12-18/h3-5,8,10-11,18-19,21,25-26H,1-2,6-7,9,12-14H2. The van der Waals surface area contributed by atoms with Crippen molar-refractivity contribution >= 4 is 48.5 Å². The lowest BCUT2D eigenvalue weighted by molar-refractivity contribution is -0.145. The summed E-state index contributed by atoms with van der Waals surface area (Å²) < 4.78 is 29.6. The molecule has 0 spiro atoms. The molecule has 2 bridgehead atoms. The van der Waals surface area contributed by atoms with Gasteiger partial charge in [-0.2, -0.15) is 4.72 Å². The van der Waals surface area contributed by atoms with Gasteiger partial charge in [-0.05, 0) is 60.7 Å². The van der Waals surface area contributed by atoms with Crippen molar-refractivity contribution < 1.29 is 18.0 Å². The fraction of sp³-hybridized carbons (Fsp3) is 0.478. The number of hydrogen-bond donors (Lipinski definition) is 2. The number of nitrogens with one attached hydrogen (secondary N) is 2. The first kappa shape index (κ1) is 22.8. The first-order chi connectivity index (χ1) is 15.8. The van der Waals surface area contributed by atoms with Crippen LogP contribution in [0.5, 0.6) is 0 Å². The normalized spacial score (nSPS) is 25.6. The first-order valence-electron chi connectivity index (χ1n) is 11.3. The number of carbonyl (C=O) groups excluding carboxylic acids is 2. The molecule has 2 amide bonds. The maximum absolute atomic E-state index is 13.1. The van der Waals surface area contributed by atoms with E-state index in [-0.39, 0.29) is 35.3 Å². The molecular weight excluding hydrogens is 508 g/mol. The van der Waals surface area contributed by atoms with Crippen LogP contribution >= 0.6 is 15.9 Å². The van der Waals surface area contributed by atoms with E-state index in [4.69, 9.17) is 0 Å². The second kappa shape index (κ2) is 8.98. The van der Waals surface area contributed by atoms with Gasteiger partial charge >= 0.3 is 0 Å². The molecule has 3 fully saturated rings. The number of halogens is 1. The van der Waals surface area contributed by atoms with Gasteiger partial charge in [-0.15, -0.1) is 0 Å². The molecule has 2 aromatic carbocycles. The highest BCUT2D eigenvalue weighted by Gasteiger charge is 2.41. The molecule has 2 aromatic rings. The van der Waals surface area contributed by atoms with Crippen molar-refractivity contribution in [2.24, 2.45) is 0 Å². The number of amides is 2. The van der Waals surface area contributed by atoms with E-state index in [2.05, 4.69) is 26.0 Å². The molecule has 3 aliphatic heterocycles. The maximum Gasteiger partial charge on any atom is 0.242 e.